The Morgan fingerprint density at radius 2 is 1.35 bits per heavy atom. The fourth-order valence-corrected chi connectivity index (χ4v) is 2.58. The van der Waals surface area contributed by atoms with Gasteiger partial charge < -0.3 is 5.11 Å². The number of carbonyl (C=O) groups excluding carboxylic acids is 2. The van der Waals surface area contributed by atoms with Gasteiger partial charge in [0, 0.05) is 0 Å². The van der Waals surface area contributed by atoms with Crippen LogP contribution in [0.2, 0.25) is 10.0 Å². The van der Waals surface area contributed by atoms with Crippen LogP contribution in [0, 0.1) is 0 Å². The highest BCUT2D eigenvalue weighted by Crippen LogP contribution is 2.38. The molecule has 1 N–H and O–H groups in total. The highest BCUT2D eigenvalue weighted by atomic mass is 35.5. The normalized spacial score (nSPS) is 13.8. The van der Waals surface area contributed by atoms with Gasteiger partial charge in [-0.25, -0.2) is 4.90 Å². The van der Waals surface area contributed by atoms with Crippen molar-refractivity contribution in [1.82, 2.24) is 0 Å². The van der Waals surface area contributed by atoms with Gasteiger partial charge >= 0.3 is 0 Å². The summed E-state index contributed by atoms with van der Waals surface area (Å²) < 4.78 is 0. The topological polar surface area (TPSA) is 57.6 Å². The Morgan fingerprint density at radius 1 is 0.900 bits per heavy atom. The first kappa shape index (κ1) is 13.0. The van der Waals surface area contributed by atoms with E-state index in [-0.39, 0.29) is 21.5 Å². The Morgan fingerprint density at radius 3 is 1.80 bits per heavy atom. The number of halogens is 2. The molecule has 0 fully saturated rings. The van der Waals surface area contributed by atoms with Crippen LogP contribution >= 0.6 is 23.2 Å². The maximum atomic E-state index is 12.3. The van der Waals surface area contributed by atoms with Crippen molar-refractivity contribution in [2.45, 2.75) is 0 Å². The number of nitrogens with zero attached hydrogens (tertiary/aromatic N) is 1. The van der Waals surface area contributed by atoms with Crippen molar-refractivity contribution in [3.63, 3.8) is 0 Å². The number of carbonyl (C=O) groups is 2. The summed E-state index contributed by atoms with van der Waals surface area (Å²) in [6, 6.07) is 9.18. The number of benzene rings is 2. The molecule has 100 valence electrons. The highest BCUT2D eigenvalue weighted by molar-refractivity contribution is 6.39. The Kier molecular flexibility index (Phi) is 2.92. The van der Waals surface area contributed by atoms with E-state index < -0.39 is 11.8 Å². The van der Waals surface area contributed by atoms with Gasteiger partial charge in [0.25, 0.3) is 11.8 Å². The van der Waals surface area contributed by atoms with Gasteiger partial charge in [-0.3, -0.25) is 9.59 Å². The van der Waals surface area contributed by atoms with Crippen molar-refractivity contribution in [3.8, 4) is 5.75 Å². The first-order valence-corrected chi connectivity index (χ1v) is 6.42. The number of amides is 2. The number of hydrogen-bond acceptors (Lipinski definition) is 3. The van der Waals surface area contributed by atoms with Crippen molar-refractivity contribution in [3.05, 3.63) is 57.6 Å². The molecule has 2 aromatic carbocycles. The molecule has 20 heavy (non-hydrogen) atoms. The first-order chi connectivity index (χ1) is 9.50. The summed E-state index contributed by atoms with van der Waals surface area (Å²) in [5.74, 6) is -1.17. The minimum Gasteiger partial charge on any atom is -0.505 e. The van der Waals surface area contributed by atoms with Crippen LogP contribution < -0.4 is 4.90 Å². The highest BCUT2D eigenvalue weighted by Gasteiger charge is 2.36. The van der Waals surface area contributed by atoms with Crippen molar-refractivity contribution in [2.75, 3.05) is 4.90 Å². The fraction of sp³-hybridized carbons (Fsp3) is 0. The molecular formula is C14H7Cl2NO3. The van der Waals surface area contributed by atoms with Gasteiger partial charge in [0.05, 0.1) is 26.9 Å². The molecule has 0 radical (unpaired) electrons. The fourth-order valence-electron chi connectivity index (χ4n) is 2.10. The second-order valence-corrected chi connectivity index (χ2v) is 5.06. The lowest BCUT2D eigenvalue weighted by molar-refractivity contribution is 0.0926. The van der Waals surface area contributed by atoms with Crippen molar-refractivity contribution in [2.24, 2.45) is 0 Å². The molecule has 2 aromatic rings. The average Bonchev–Trinajstić information content (AvgIpc) is 2.68. The Labute approximate surface area is 124 Å². The third-order valence-electron chi connectivity index (χ3n) is 3.05. The largest absolute Gasteiger partial charge is 0.505 e. The van der Waals surface area contributed by atoms with Crippen LogP contribution in [0.25, 0.3) is 0 Å². The quantitative estimate of drug-likeness (QED) is 0.820. The predicted molar refractivity (Wildman–Crippen MR) is 75.7 cm³/mol. The molecule has 0 spiro atoms. The Hall–Kier alpha value is -2.04. The molecule has 0 saturated heterocycles. The lowest BCUT2D eigenvalue weighted by Crippen LogP contribution is -2.29. The smallest absolute Gasteiger partial charge is 0.266 e. The van der Waals surface area contributed by atoms with E-state index in [2.05, 4.69) is 0 Å². The second-order valence-electron chi connectivity index (χ2n) is 4.25. The van der Waals surface area contributed by atoms with Crippen molar-refractivity contribution in [1.29, 1.82) is 0 Å². The zero-order chi connectivity index (χ0) is 14.4. The molecule has 0 bridgehead atoms. The minimum absolute atomic E-state index is 0.0240. The number of anilines is 1. The number of phenols is 1. The standard InChI is InChI=1S/C14H7Cl2NO3/c15-10-5-7(6-11(16)12(10)18)17-13(19)8-3-1-2-4-9(8)14(17)20/h1-6,18H. The number of phenolic OH excluding ortho intramolecular Hbond substituents is 1. The van der Waals surface area contributed by atoms with Crippen LogP contribution in [0.15, 0.2) is 36.4 Å². The van der Waals surface area contributed by atoms with E-state index in [0.717, 1.165) is 4.90 Å². The summed E-state index contributed by atoms with van der Waals surface area (Å²) in [6.45, 7) is 0. The summed E-state index contributed by atoms with van der Waals surface area (Å²) in [6.07, 6.45) is 0. The molecule has 1 aliphatic rings. The molecule has 1 aliphatic heterocycles. The van der Waals surface area contributed by atoms with Crippen LogP contribution in [0.4, 0.5) is 5.69 Å². The maximum Gasteiger partial charge on any atom is 0.266 e. The monoisotopic (exact) mass is 307 g/mol. The number of imide groups is 1. The first-order valence-electron chi connectivity index (χ1n) is 5.66. The molecular weight excluding hydrogens is 301 g/mol. The van der Waals surface area contributed by atoms with Gasteiger partial charge in [-0.1, -0.05) is 35.3 Å². The van der Waals surface area contributed by atoms with E-state index in [9.17, 15) is 14.7 Å². The molecule has 0 saturated carbocycles. The molecule has 0 aliphatic carbocycles. The molecule has 1 heterocycles. The number of hydrogen-bond donors (Lipinski definition) is 1. The average molecular weight is 308 g/mol. The molecule has 6 heteroatoms. The Balaban J connectivity index is 2.14. The van der Waals surface area contributed by atoms with Crippen LogP contribution in [0.1, 0.15) is 20.7 Å². The van der Waals surface area contributed by atoms with E-state index in [0.29, 0.717) is 11.1 Å². The van der Waals surface area contributed by atoms with Gasteiger partial charge in [-0.15, -0.1) is 0 Å². The molecule has 4 nitrogen and oxygen atoms in total. The van der Waals surface area contributed by atoms with E-state index in [1.54, 1.807) is 24.3 Å². The van der Waals surface area contributed by atoms with Crippen LogP contribution in [0.3, 0.4) is 0 Å². The lowest BCUT2D eigenvalue weighted by atomic mass is 10.1. The van der Waals surface area contributed by atoms with Gasteiger partial charge in [0.15, 0.2) is 5.75 Å². The molecule has 3 rings (SSSR count). The third kappa shape index (κ3) is 1.77. The van der Waals surface area contributed by atoms with E-state index in [1.165, 1.54) is 12.1 Å². The molecule has 0 unspecified atom stereocenters. The minimum atomic E-state index is -0.441. The van der Waals surface area contributed by atoms with Gasteiger partial charge in [0.1, 0.15) is 0 Å². The summed E-state index contributed by atoms with van der Waals surface area (Å²) >= 11 is 11.6. The van der Waals surface area contributed by atoms with Gasteiger partial charge in [-0.2, -0.15) is 0 Å². The summed E-state index contributed by atoms with van der Waals surface area (Å²) in [5, 5.41) is 9.48. The summed E-state index contributed by atoms with van der Waals surface area (Å²) in [7, 11) is 0. The van der Waals surface area contributed by atoms with E-state index in [4.69, 9.17) is 23.2 Å². The zero-order valence-electron chi connectivity index (χ0n) is 9.93. The summed E-state index contributed by atoms with van der Waals surface area (Å²) in [5.41, 5.74) is 0.889. The van der Waals surface area contributed by atoms with Crippen molar-refractivity contribution >= 4 is 40.7 Å². The van der Waals surface area contributed by atoms with Gasteiger partial charge in [0.2, 0.25) is 0 Å². The van der Waals surface area contributed by atoms with Gasteiger partial charge in [-0.05, 0) is 24.3 Å². The number of fused-ring (bicyclic) bond motifs is 1. The van der Waals surface area contributed by atoms with E-state index >= 15 is 0 Å². The summed E-state index contributed by atoms with van der Waals surface area (Å²) in [4.78, 5) is 25.5. The lowest BCUT2D eigenvalue weighted by Gasteiger charge is -2.15. The third-order valence-corrected chi connectivity index (χ3v) is 3.63. The SMILES string of the molecule is O=C1c2ccccc2C(=O)N1c1cc(Cl)c(O)c(Cl)c1. The predicted octanol–water partition coefficient (Wildman–Crippen LogP) is 3.50. The molecule has 2 amide bonds. The van der Waals surface area contributed by atoms with Crippen molar-refractivity contribution < 1.29 is 14.7 Å². The molecule has 0 aromatic heterocycles. The number of aromatic hydroxyl groups is 1. The van der Waals surface area contributed by atoms with Crippen LogP contribution in [-0.4, -0.2) is 16.9 Å². The van der Waals surface area contributed by atoms with Crippen LogP contribution in [0.5, 0.6) is 5.75 Å². The van der Waals surface area contributed by atoms with E-state index in [1.807, 2.05) is 0 Å². The second kappa shape index (κ2) is 4.51. The van der Waals surface area contributed by atoms with Crippen LogP contribution in [-0.2, 0) is 0 Å². The Bertz CT molecular complexity index is 700. The zero-order valence-corrected chi connectivity index (χ0v) is 11.4. The molecule has 0 atom stereocenters. The maximum absolute atomic E-state index is 12.3. The number of rotatable bonds is 1.